The summed E-state index contributed by atoms with van der Waals surface area (Å²) in [6.07, 6.45) is 0. The Balaban J connectivity index is 0.000000170. The second kappa shape index (κ2) is 16.7. The minimum Gasteiger partial charge on any atom is -0.382 e. The van der Waals surface area contributed by atoms with Crippen molar-refractivity contribution in [3.63, 3.8) is 0 Å². The zero-order valence-electron chi connectivity index (χ0n) is 32.6. The van der Waals surface area contributed by atoms with E-state index in [1.165, 1.54) is 29.5 Å². The topological polar surface area (TPSA) is 152 Å². The molecule has 0 amide bonds. The molecule has 9 aromatic rings. The Kier molecular flexibility index (Phi) is 11.4. The lowest BCUT2D eigenvalue weighted by Gasteiger charge is -2.07. The van der Waals surface area contributed by atoms with Crippen LogP contribution in [0, 0.1) is 13.8 Å². The van der Waals surface area contributed by atoms with Crippen molar-refractivity contribution in [1.29, 1.82) is 0 Å². The van der Waals surface area contributed by atoms with Gasteiger partial charge in [-0.25, -0.2) is 9.59 Å². The highest BCUT2D eigenvalue weighted by molar-refractivity contribution is 7.87. The van der Waals surface area contributed by atoms with Crippen LogP contribution in [0.3, 0.4) is 0 Å². The summed E-state index contributed by atoms with van der Waals surface area (Å²) in [5.41, 5.74) is 6.83. The van der Waals surface area contributed by atoms with Gasteiger partial charge in [-0.1, -0.05) is 66.7 Å². The first-order valence-corrected chi connectivity index (χ1v) is 23.9. The second-order valence-electron chi connectivity index (χ2n) is 14.4. The first-order valence-electron chi connectivity index (χ1n) is 19.0. The number of aryl methyl sites for hydroxylation is 4. The lowest BCUT2D eigenvalue weighted by Crippen LogP contribution is -2.28. The molecule has 4 heterocycles. The van der Waals surface area contributed by atoms with Crippen molar-refractivity contribution in [3.05, 3.63) is 169 Å². The smallest absolute Gasteiger partial charge is 0.329 e. The summed E-state index contributed by atoms with van der Waals surface area (Å²) in [6, 6.07) is 35.5. The summed E-state index contributed by atoms with van der Waals surface area (Å²) in [7, 11) is -8.01. The first-order chi connectivity index (χ1) is 28.8. The number of nitrogens with zero attached hydrogens (tertiary/aromatic N) is 4. The van der Waals surface area contributed by atoms with Gasteiger partial charge in [-0.15, -0.1) is 22.7 Å². The molecule has 5 aromatic carbocycles. The van der Waals surface area contributed by atoms with E-state index in [1.807, 2.05) is 48.5 Å². The second-order valence-corrected chi connectivity index (χ2v) is 19.5. The number of benzene rings is 5. The molecule has 0 unspecified atom stereocenters. The summed E-state index contributed by atoms with van der Waals surface area (Å²) in [5, 5.41) is 6.48. The molecule has 4 aromatic heterocycles. The van der Waals surface area contributed by atoms with Crippen LogP contribution in [0.1, 0.15) is 22.3 Å². The fraction of sp³-hybridized carbons (Fsp3) is 0.182. The van der Waals surface area contributed by atoms with E-state index < -0.39 is 26.0 Å². The molecule has 0 aliphatic carbocycles. The van der Waals surface area contributed by atoms with Gasteiger partial charge in [0.15, 0.2) is 0 Å². The van der Waals surface area contributed by atoms with E-state index in [4.69, 9.17) is 8.74 Å². The number of thiophene rings is 2. The molecule has 60 heavy (non-hydrogen) atoms. The standard InChI is InChI=1S/C25H22N2O4S2.C19H18N2O4S2/c1-18-8-7-13-23-24(18)19(17-32-23)16-27-22-12-6-5-11-21(22)26(25(27)28)14-15-33(29,30)31-20-9-3-2-4-10-20;1-13-5-4-8-17-18(13)14(12-26-17)11-21-16-7-3-2-6-15(16)20(19(21)22)9-10-27(23,24)25/h2-13,17H,14-16H2,1H3;2-8,12H,9-11H2,1H3,(H,23,24,25). The Morgan fingerprint density at radius 2 is 0.950 bits per heavy atom. The Bertz CT molecular complexity index is 3370. The average molecular weight is 881 g/mol. The van der Waals surface area contributed by atoms with Crippen molar-refractivity contribution in [1.82, 2.24) is 18.3 Å². The molecule has 0 bridgehead atoms. The number of para-hydroxylation sites is 5. The zero-order valence-corrected chi connectivity index (χ0v) is 35.9. The van der Waals surface area contributed by atoms with Crippen LogP contribution >= 0.6 is 22.7 Å². The van der Waals surface area contributed by atoms with E-state index in [0.717, 1.165) is 33.1 Å². The quantitative estimate of drug-likeness (QED) is 0.0957. The Morgan fingerprint density at radius 3 is 1.40 bits per heavy atom. The van der Waals surface area contributed by atoms with Crippen molar-refractivity contribution in [2.24, 2.45) is 0 Å². The van der Waals surface area contributed by atoms with E-state index >= 15 is 0 Å². The predicted octanol–water partition coefficient (Wildman–Crippen LogP) is 8.05. The van der Waals surface area contributed by atoms with Gasteiger partial charge in [-0.3, -0.25) is 22.8 Å². The molecule has 0 saturated heterocycles. The minimum absolute atomic E-state index is 0.00489. The lowest BCUT2D eigenvalue weighted by molar-refractivity contribution is 0.477. The third kappa shape index (κ3) is 8.46. The molecule has 0 saturated carbocycles. The van der Waals surface area contributed by atoms with Gasteiger partial charge in [0.2, 0.25) is 0 Å². The van der Waals surface area contributed by atoms with Crippen molar-refractivity contribution < 1.29 is 25.6 Å². The SMILES string of the molecule is Cc1cccc2scc(Cn3c(=O)n(CCS(=O)(=O)O)c4ccccc43)c12.Cc1cccc2scc(Cn3c(=O)n(CCS(=O)(=O)Oc4ccccc4)c4ccccc43)c12. The highest BCUT2D eigenvalue weighted by Gasteiger charge is 2.20. The maximum absolute atomic E-state index is 13.4. The highest BCUT2D eigenvalue weighted by atomic mass is 32.2. The number of fused-ring (bicyclic) bond motifs is 4. The van der Waals surface area contributed by atoms with Crippen LogP contribution in [-0.2, 0) is 46.4 Å². The van der Waals surface area contributed by atoms with Gasteiger partial charge in [-0.2, -0.15) is 16.8 Å². The van der Waals surface area contributed by atoms with Crippen LogP contribution in [0.4, 0.5) is 0 Å². The Hall–Kier alpha value is -5.78. The summed E-state index contributed by atoms with van der Waals surface area (Å²) in [5.74, 6) is -0.551. The molecule has 0 aliphatic heterocycles. The van der Waals surface area contributed by atoms with Crippen LogP contribution in [0.25, 0.3) is 42.2 Å². The highest BCUT2D eigenvalue weighted by Crippen LogP contribution is 2.31. The molecule has 0 atom stereocenters. The maximum atomic E-state index is 13.4. The largest absolute Gasteiger partial charge is 0.382 e. The Labute approximate surface area is 353 Å². The fourth-order valence-electron chi connectivity index (χ4n) is 7.62. The number of imidazole rings is 2. The molecule has 0 aliphatic rings. The number of hydrogen-bond acceptors (Lipinski definition) is 9. The van der Waals surface area contributed by atoms with E-state index in [1.54, 1.807) is 74.3 Å². The van der Waals surface area contributed by atoms with Crippen LogP contribution < -0.4 is 15.6 Å². The molecule has 308 valence electrons. The number of rotatable bonds is 12. The molecule has 0 fully saturated rings. The van der Waals surface area contributed by atoms with Gasteiger partial charge in [0.05, 0.1) is 40.9 Å². The summed E-state index contributed by atoms with van der Waals surface area (Å²) >= 11 is 3.31. The third-order valence-corrected chi connectivity index (χ3v) is 14.2. The van der Waals surface area contributed by atoms with E-state index in [2.05, 4.69) is 48.9 Å². The molecule has 0 spiro atoms. The van der Waals surface area contributed by atoms with Crippen molar-refractivity contribution >= 4 is 85.1 Å². The van der Waals surface area contributed by atoms with Gasteiger partial charge in [0.25, 0.3) is 10.1 Å². The molecule has 9 rings (SSSR count). The van der Waals surface area contributed by atoms with Gasteiger partial charge in [-0.05, 0) is 95.4 Å². The van der Waals surface area contributed by atoms with Crippen LogP contribution in [0.5, 0.6) is 5.75 Å². The molecular weight excluding hydrogens is 841 g/mol. The van der Waals surface area contributed by atoms with Crippen LogP contribution in [0.2, 0.25) is 0 Å². The van der Waals surface area contributed by atoms with Gasteiger partial charge < -0.3 is 4.18 Å². The molecule has 12 nitrogen and oxygen atoms in total. The zero-order chi connectivity index (χ0) is 42.2. The van der Waals surface area contributed by atoms with Gasteiger partial charge in [0.1, 0.15) is 11.5 Å². The van der Waals surface area contributed by atoms with E-state index in [9.17, 15) is 26.4 Å². The molecule has 0 radical (unpaired) electrons. The van der Waals surface area contributed by atoms with Crippen molar-refractivity contribution in [2.75, 3.05) is 11.5 Å². The van der Waals surface area contributed by atoms with Crippen LogP contribution in [-0.4, -0.2) is 51.2 Å². The van der Waals surface area contributed by atoms with Gasteiger partial charge >= 0.3 is 21.5 Å². The molecular formula is C44H40N4O8S4. The normalized spacial score (nSPS) is 12.1. The molecule has 16 heteroatoms. The monoisotopic (exact) mass is 880 g/mol. The predicted molar refractivity (Wildman–Crippen MR) is 241 cm³/mol. The Morgan fingerprint density at radius 1 is 0.533 bits per heavy atom. The summed E-state index contributed by atoms with van der Waals surface area (Å²) in [6.45, 7) is 4.87. The summed E-state index contributed by atoms with van der Waals surface area (Å²) < 4.78 is 70.2. The fourth-order valence-corrected chi connectivity index (χ4v) is 11.0. The van der Waals surface area contributed by atoms with Crippen LogP contribution in [0.15, 0.2) is 136 Å². The lowest BCUT2D eigenvalue weighted by atomic mass is 10.1. The first kappa shape index (κ1) is 41.0. The number of aromatic nitrogens is 4. The van der Waals surface area contributed by atoms with E-state index in [0.29, 0.717) is 24.1 Å². The average Bonchev–Trinajstić information content (AvgIpc) is 3.97. The maximum Gasteiger partial charge on any atom is 0.329 e. The van der Waals surface area contributed by atoms with Gasteiger partial charge in [0, 0.05) is 33.3 Å². The third-order valence-electron chi connectivity index (χ3n) is 10.4. The minimum atomic E-state index is -4.15. The molecule has 1 N–H and O–H groups in total. The van der Waals surface area contributed by atoms with Crippen molar-refractivity contribution in [3.8, 4) is 5.75 Å². The summed E-state index contributed by atoms with van der Waals surface area (Å²) in [4.78, 5) is 26.4. The van der Waals surface area contributed by atoms with Crippen molar-refractivity contribution in [2.45, 2.75) is 40.0 Å². The number of hydrogen-bond donors (Lipinski definition) is 1. The van der Waals surface area contributed by atoms with E-state index in [-0.39, 0.29) is 36.0 Å².